The fourth-order valence-corrected chi connectivity index (χ4v) is 4.34. The maximum atomic E-state index is 12.9. The van der Waals surface area contributed by atoms with Gasteiger partial charge in [0.25, 0.3) is 10.0 Å². The predicted octanol–water partition coefficient (Wildman–Crippen LogP) is 2.59. The van der Waals surface area contributed by atoms with Gasteiger partial charge in [0.1, 0.15) is 11.0 Å². The van der Waals surface area contributed by atoms with Crippen molar-refractivity contribution in [2.45, 2.75) is 25.7 Å². The summed E-state index contributed by atoms with van der Waals surface area (Å²) in [6.07, 6.45) is 0. The molecule has 0 radical (unpaired) electrons. The van der Waals surface area contributed by atoms with Gasteiger partial charge in [-0.3, -0.25) is 0 Å². The minimum atomic E-state index is -3.76. The van der Waals surface area contributed by atoms with Crippen LogP contribution in [-0.4, -0.2) is 22.8 Å². The van der Waals surface area contributed by atoms with Gasteiger partial charge in [0, 0.05) is 0 Å². The topological polar surface area (TPSA) is 64.8 Å². The minimum Gasteiger partial charge on any atom is -0.199 e. The van der Waals surface area contributed by atoms with Crippen LogP contribution < -0.4 is 0 Å². The molecule has 0 atom stereocenters. The second-order valence-corrected chi connectivity index (χ2v) is 6.86. The average molecular weight is 301 g/mol. The van der Waals surface area contributed by atoms with Crippen LogP contribution in [0.2, 0.25) is 0 Å². The van der Waals surface area contributed by atoms with Gasteiger partial charge in [-0.2, -0.15) is 8.42 Å². The zero-order valence-corrected chi connectivity index (χ0v) is 12.8. The Hall–Kier alpha value is -2.21. The molecule has 21 heavy (non-hydrogen) atoms. The van der Waals surface area contributed by atoms with Gasteiger partial charge in [0.15, 0.2) is 0 Å². The van der Waals surface area contributed by atoms with Crippen LogP contribution in [0.5, 0.6) is 0 Å². The molecule has 0 aliphatic carbocycles. The summed E-state index contributed by atoms with van der Waals surface area (Å²) in [5.74, 6) is 0. The summed E-state index contributed by atoms with van der Waals surface area (Å²) in [4.78, 5) is 0.295. The van der Waals surface area contributed by atoms with E-state index in [-0.39, 0.29) is 0 Å². The summed E-state index contributed by atoms with van der Waals surface area (Å²) >= 11 is 0. The molecule has 0 fully saturated rings. The Kier molecular flexibility index (Phi) is 3.06. The van der Waals surface area contributed by atoms with Crippen molar-refractivity contribution in [3.05, 3.63) is 53.1 Å². The third-order valence-corrected chi connectivity index (χ3v) is 5.30. The molecule has 0 saturated heterocycles. The summed E-state index contributed by atoms with van der Waals surface area (Å²) in [5.41, 5.74) is 3.51. The van der Waals surface area contributed by atoms with Crippen molar-refractivity contribution in [1.29, 1.82) is 0 Å². The number of rotatable bonds is 2. The number of benzene rings is 2. The largest absolute Gasteiger partial charge is 0.285 e. The highest BCUT2D eigenvalue weighted by Gasteiger charge is 2.25. The highest BCUT2D eigenvalue weighted by Crippen LogP contribution is 2.25. The number of para-hydroxylation sites is 1. The molecule has 2 aromatic carbocycles. The molecule has 0 amide bonds. The molecule has 0 saturated carbocycles. The fourth-order valence-electron chi connectivity index (χ4n) is 2.69. The normalized spacial score (nSPS) is 12.0. The number of aryl methyl sites for hydroxylation is 3. The highest BCUT2D eigenvalue weighted by atomic mass is 32.2. The Morgan fingerprint density at radius 1 is 1.00 bits per heavy atom. The van der Waals surface area contributed by atoms with E-state index in [0.717, 1.165) is 9.65 Å². The van der Waals surface area contributed by atoms with Crippen molar-refractivity contribution in [2.24, 2.45) is 0 Å². The van der Waals surface area contributed by atoms with E-state index < -0.39 is 10.0 Å². The number of aromatic nitrogens is 3. The standard InChI is InChI=1S/C15H15N3O2S/c1-10-8-11(2)15(12(3)9-10)21(19,20)18-14-7-5-4-6-13(14)16-17-18/h4-9H,1-3H3. The monoisotopic (exact) mass is 301 g/mol. The third-order valence-electron chi connectivity index (χ3n) is 3.41. The van der Waals surface area contributed by atoms with E-state index in [2.05, 4.69) is 10.3 Å². The summed E-state index contributed by atoms with van der Waals surface area (Å²) in [7, 11) is -3.76. The molecule has 1 aromatic heterocycles. The van der Waals surface area contributed by atoms with Gasteiger partial charge in [-0.25, -0.2) is 0 Å². The number of hydrogen-bond acceptors (Lipinski definition) is 4. The van der Waals surface area contributed by atoms with Crippen LogP contribution in [-0.2, 0) is 10.0 Å². The maximum Gasteiger partial charge on any atom is 0.285 e. The molecule has 3 rings (SSSR count). The van der Waals surface area contributed by atoms with E-state index >= 15 is 0 Å². The quantitative estimate of drug-likeness (QED) is 0.730. The summed E-state index contributed by atoms with van der Waals surface area (Å²) < 4.78 is 26.9. The Morgan fingerprint density at radius 3 is 2.29 bits per heavy atom. The zero-order valence-electron chi connectivity index (χ0n) is 12.0. The van der Waals surface area contributed by atoms with Crippen molar-refractivity contribution in [2.75, 3.05) is 0 Å². The Balaban J connectivity index is 2.32. The zero-order chi connectivity index (χ0) is 15.2. The predicted molar refractivity (Wildman–Crippen MR) is 80.8 cm³/mol. The molecular formula is C15H15N3O2S. The lowest BCUT2D eigenvalue weighted by molar-refractivity contribution is 0.578. The van der Waals surface area contributed by atoms with Gasteiger partial charge in [-0.1, -0.05) is 35.0 Å². The minimum absolute atomic E-state index is 0.295. The molecule has 1 heterocycles. The van der Waals surface area contributed by atoms with Crippen molar-refractivity contribution < 1.29 is 8.42 Å². The Morgan fingerprint density at radius 2 is 1.62 bits per heavy atom. The number of nitrogens with zero attached hydrogens (tertiary/aromatic N) is 3. The van der Waals surface area contributed by atoms with Crippen LogP contribution in [0.25, 0.3) is 11.0 Å². The van der Waals surface area contributed by atoms with Gasteiger partial charge >= 0.3 is 0 Å². The van der Waals surface area contributed by atoms with Gasteiger partial charge in [0.05, 0.1) is 4.90 Å². The van der Waals surface area contributed by atoms with Crippen LogP contribution in [0, 0.1) is 20.8 Å². The third kappa shape index (κ3) is 2.12. The average Bonchev–Trinajstić information content (AvgIpc) is 2.81. The first-order valence-corrected chi connectivity index (χ1v) is 7.99. The van der Waals surface area contributed by atoms with Gasteiger partial charge in [-0.05, 0) is 44.0 Å². The molecule has 5 nitrogen and oxygen atoms in total. The number of hydrogen-bond donors (Lipinski definition) is 0. The molecule has 108 valence electrons. The first-order chi connectivity index (χ1) is 9.91. The van der Waals surface area contributed by atoms with Crippen molar-refractivity contribution in [1.82, 2.24) is 14.4 Å². The summed E-state index contributed by atoms with van der Waals surface area (Å²) in [6.45, 7) is 5.54. The maximum absolute atomic E-state index is 12.9. The molecule has 6 heteroatoms. The molecule has 3 aromatic rings. The van der Waals surface area contributed by atoms with Crippen molar-refractivity contribution in [3.8, 4) is 0 Å². The smallest absolute Gasteiger partial charge is 0.199 e. The van der Waals surface area contributed by atoms with E-state index in [9.17, 15) is 8.42 Å². The Labute approximate surface area is 123 Å². The molecule has 0 spiro atoms. The second-order valence-electron chi connectivity index (χ2n) is 5.15. The molecule has 0 aliphatic heterocycles. The molecular weight excluding hydrogens is 286 g/mol. The summed E-state index contributed by atoms with van der Waals surface area (Å²) in [6, 6.07) is 10.7. The van der Waals surface area contributed by atoms with Crippen molar-refractivity contribution in [3.63, 3.8) is 0 Å². The van der Waals surface area contributed by atoms with E-state index in [4.69, 9.17) is 0 Å². The van der Waals surface area contributed by atoms with Crippen LogP contribution >= 0.6 is 0 Å². The van der Waals surface area contributed by atoms with Crippen LogP contribution in [0.15, 0.2) is 41.3 Å². The highest BCUT2D eigenvalue weighted by molar-refractivity contribution is 7.90. The second kappa shape index (κ2) is 4.66. The number of fused-ring (bicyclic) bond motifs is 1. The summed E-state index contributed by atoms with van der Waals surface area (Å²) in [5, 5.41) is 7.75. The van der Waals surface area contributed by atoms with E-state index in [0.29, 0.717) is 27.1 Å². The first kappa shape index (κ1) is 13.8. The first-order valence-electron chi connectivity index (χ1n) is 6.55. The van der Waals surface area contributed by atoms with Crippen LogP contribution in [0.3, 0.4) is 0 Å². The van der Waals surface area contributed by atoms with Gasteiger partial charge in [0.2, 0.25) is 0 Å². The molecule has 0 aliphatic rings. The van der Waals surface area contributed by atoms with Gasteiger partial charge in [-0.15, -0.1) is 9.19 Å². The lowest BCUT2D eigenvalue weighted by Gasteiger charge is -2.12. The lowest BCUT2D eigenvalue weighted by Crippen LogP contribution is -2.17. The van der Waals surface area contributed by atoms with Crippen molar-refractivity contribution >= 4 is 21.1 Å². The molecule has 0 N–H and O–H groups in total. The molecule has 0 unspecified atom stereocenters. The van der Waals surface area contributed by atoms with E-state index in [1.807, 2.05) is 19.1 Å². The lowest BCUT2D eigenvalue weighted by atomic mass is 10.1. The SMILES string of the molecule is Cc1cc(C)c(S(=O)(=O)n2nnc3ccccc32)c(C)c1. The van der Waals surface area contributed by atoms with E-state index in [1.54, 1.807) is 38.1 Å². The molecule has 0 bridgehead atoms. The van der Waals surface area contributed by atoms with Crippen LogP contribution in [0.1, 0.15) is 16.7 Å². The van der Waals surface area contributed by atoms with Gasteiger partial charge < -0.3 is 0 Å². The fraction of sp³-hybridized carbons (Fsp3) is 0.200. The van der Waals surface area contributed by atoms with E-state index in [1.165, 1.54) is 0 Å². The Bertz CT molecular complexity index is 919. The van der Waals surface area contributed by atoms with Crippen LogP contribution in [0.4, 0.5) is 0 Å².